The monoisotopic (exact) mass is 266 g/mol. The highest BCUT2D eigenvalue weighted by atomic mass is 16.5. The van der Waals surface area contributed by atoms with E-state index in [9.17, 15) is 4.79 Å². The van der Waals surface area contributed by atoms with E-state index in [-0.39, 0.29) is 5.91 Å². The van der Waals surface area contributed by atoms with Crippen LogP contribution < -0.4 is 14.8 Å². The Morgan fingerprint density at radius 2 is 1.79 bits per heavy atom. The fraction of sp³-hybridized carbons (Fsp3) is 0.500. The summed E-state index contributed by atoms with van der Waals surface area (Å²) in [5, 5.41) is 3.06. The Kier molecular flexibility index (Phi) is 6.15. The molecule has 0 fully saturated rings. The van der Waals surface area contributed by atoms with Crippen LogP contribution in [0.1, 0.15) is 16.8 Å². The van der Waals surface area contributed by atoms with Crippen LogP contribution in [0.3, 0.4) is 0 Å². The molecule has 1 aromatic carbocycles. The molecule has 1 rings (SSSR count). The second kappa shape index (κ2) is 7.63. The number of hydrogen-bond acceptors (Lipinski definition) is 4. The molecule has 5 nitrogen and oxygen atoms in total. The van der Waals surface area contributed by atoms with Crippen LogP contribution in [0, 0.1) is 0 Å². The van der Waals surface area contributed by atoms with Crippen molar-refractivity contribution in [1.82, 2.24) is 10.2 Å². The molecule has 0 heterocycles. The van der Waals surface area contributed by atoms with Gasteiger partial charge in [0.05, 0.1) is 14.2 Å². The Hall–Kier alpha value is -1.75. The molecule has 1 aromatic rings. The minimum atomic E-state index is -0.0340. The molecule has 0 saturated carbocycles. The van der Waals surface area contributed by atoms with Gasteiger partial charge in [-0.2, -0.15) is 0 Å². The summed E-state index contributed by atoms with van der Waals surface area (Å²) in [6.45, 7) is 1.60. The lowest BCUT2D eigenvalue weighted by Crippen LogP contribution is -2.29. The molecule has 106 valence electrons. The summed E-state index contributed by atoms with van der Waals surface area (Å²) in [6.07, 6.45) is 0.917. The van der Waals surface area contributed by atoms with E-state index in [2.05, 4.69) is 5.32 Å². The Labute approximate surface area is 114 Å². The summed E-state index contributed by atoms with van der Waals surface area (Å²) in [7, 11) is 6.83. The molecule has 0 unspecified atom stereocenters. The van der Waals surface area contributed by atoms with Crippen LogP contribution in [-0.4, -0.2) is 52.2 Å². The number of carbonyl (C=O) groups excluding carboxylic acids is 1. The molecular formula is C14H22N2O3. The van der Waals surface area contributed by atoms with Crippen molar-refractivity contribution < 1.29 is 14.3 Å². The van der Waals surface area contributed by atoms with Crippen molar-refractivity contribution in [3.8, 4) is 11.5 Å². The molecule has 0 saturated heterocycles. The first-order valence-corrected chi connectivity index (χ1v) is 6.25. The van der Waals surface area contributed by atoms with Crippen molar-refractivity contribution in [2.45, 2.75) is 6.42 Å². The molecule has 0 spiro atoms. The summed E-state index contributed by atoms with van der Waals surface area (Å²) >= 11 is 0. The summed E-state index contributed by atoms with van der Waals surface area (Å²) in [4.78, 5) is 14.0. The third kappa shape index (κ3) is 4.44. The zero-order chi connectivity index (χ0) is 14.3. The lowest BCUT2D eigenvalue weighted by molar-refractivity contribution is 0.0793. The number of ether oxygens (including phenoxy) is 2. The Bertz CT molecular complexity index is 399. The van der Waals surface area contributed by atoms with Crippen LogP contribution in [0.15, 0.2) is 18.2 Å². The van der Waals surface area contributed by atoms with Gasteiger partial charge in [0.25, 0.3) is 5.91 Å². The molecule has 0 radical (unpaired) electrons. The largest absolute Gasteiger partial charge is 0.497 e. The van der Waals surface area contributed by atoms with E-state index in [1.54, 1.807) is 44.4 Å². The second-order valence-electron chi connectivity index (χ2n) is 4.29. The van der Waals surface area contributed by atoms with E-state index in [4.69, 9.17) is 9.47 Å². The highest BCUT2D eigenvalue weighted by molar-refractivity contribution is 5.94. The van der Waals surface area contributed by atoms with Crippen molar-refractivity contribution in [3.05, 3.63) is 23.8 Å². The maximum Gasteiger partial charge on any atom is 0.253 e. The average molecular weight is 266 g/mol. The van der Waals surface area contributed by atoms with Gasteiger partial charge in [-0.15, -0.1) is 0 Å². The molecule has 5 heteroatoms. The number of amides is 1. The van der Waals surface area contributed by atoms with Crippen molar-refractivity contribution in [3.63, 3.8) is 0 Å². The molecular weight excluding hydrogens is 244 g/mol. The third-order valence-electron chi connectivity index (χ3n) is 2.87. The first-order chi connectivity index (χ1) is 9.12. The van der Waals surface area contributed by atoms with Gasteiger partial charge in [-0.05, 0) is 32.1 Å². The van der Waals surface area contributed by atoms with Gasteiger partial charge in [-0.3, -0.25) is 4.79 Å². The van der Waals surface area contributed by atoms with Gasteiger partial charge in [0.2, 0.25) is 0 Å². The Morgan fingerprint density at radius 1 is 1.21 bits per heavy atom. The van der Waals surface area contributed by atoms with E-state index in [1.165, 1.54) is 0 Å². The van der Waals surface area contributed by atoms with Crippen molar-refractivity contribution >= 4 is 5.91 Å². The number of nitrogens with zero attached hydrogens (tertiary/aromatic N) is 1. The van der Waals surface area contributed by atoms with Crippen molar-refractivity contribution in [2.24, 2.45) is 0 Å². The van der Waals surface area contributed by atoms with E-state index >= 15 is 0 Å². The van der Waals surface area contributed by atoms with Gasteiger partial charge >= 0.3 is 0 Å². The van der Waals surface area contributed by atoms with Crippen LogP contribution in [0.25, 0.3) is 0 Å². The van der Waals surface area contributed by atoms with Gasteiger partial charge in [-0.1, -0.05) is 0 Å². The number of benzene rings is 1. The van der Waals surface area contributed by atoms with Gasteiger partial charge < -0.3 is 19.7 Å². The first-order valence-electron chi connectivity index (χ1n) is 6.25. The molecule has 0 atom stereocenters. The van der Waals surface area contributed by atoms with E-state index in [0.717, 1.165) is 13.0 Å². The fourth-order valence-electron chi connectivity index (χ4n) is 1.75. The van der Waals surface area contributed by atoms with Crippen LogP contribution in [0.2, 0.25) is 0 Å². The second-order valence-corrected chi connectivity index (χ2v) is 4.29. The third-order valence-corrected chi connectivity index (χ3v) is 2.87. The quantitative estimate of drug-likeness (QED) is 0.758. The van der Waals surface area contributed by atoms with Crippen molar-refractivity contribution in [1.29, 1.82) is 0 Å². The fourth-order valence-corrected chi connectivity index (χ4v) is 1.75. The number of methoxy groups -OCH3 is 2. The number of rotatable bonds is 7. The van der Waals surface area contributed by atoms with Crippen LogP contribution in [0.5, 0.6) is 11.5 Å². The van der Waals surface area contributed by atoms with Crippen LogP contribution in [0.4, 0.5) is 0 Å². The minimum absolute atomic E-state index is 0.0340. The van der Waals surface area contributed by atoms with Gasteiger partial charge in [0.1, 0.15) is 11.5 Å². The molecule has 19 heavy (non-hydrogen) atoms. The lowest BCUT2D eigenvalue weighted by atomic mass is 10.1. The van der Waals surface area contributed by atoms with Gasteiger partial charge in [-0.25, -0.2) is 0 Å². The Balaban J connectivity index is 2.80. The highest BCUT2D eigenvalue weighted by Gasteiger charge is 2.13. The van der Waals surface area contributed by atoms with Gasteiger partial charge in [0.15, 0.2) is 0 Å². The Morgan fingerprint density at radius 3 is 2.26 bits per heavy atom. The number of nitrogens with one attached hydrogen (secondary N) is 1. The minimum Gasteiger partial charge on any atom is -0.497 e. The maximum absolute atomic E-state index is 12.3. The molecule has 0 aliphatic rings. The maximum atomic E-state index is 12.3. The molecule has 0 bridgehead atoms. The number of hydrogen-bond donors (Lipinski definition) is 1. The lowest BCUT2D eigenvalue weighted by Gasteiger charge is -2.18. The SMILES string of the molecule is CNCCCN(C)C(=O)c1cc(OC)cc(OC)c1. The summed E-state index contributed by atoms with van der Waals surface area (Å²) < 4.78 is 10.3. The highest BCUT2D eigenvalue weighted by Crippen LogP contribution is 2.23. The van der Waals surface area contributed by atoms with E-state index in [0.29, 0.717) is 23.6 Å². The standard InChI is InChI=1S/C14H22N2O3/c1-15-6-5-7-16(2)14(17)11-8-12(18-3)10-13(9-11)19-4/h8-10,15H,5-7H2,1-4H3. The smallest absolute Gasteiger partial charge is 0.253 e. The zero-order valence-electron chi connectivity index (χ0n) is 12.0. The summed E-state index contributed by atoms with van der Waals surface area (Å²) in [5.74, 6) is 1.20. The van der Waals surface area contributed by atoms with E-state index in [1.807, 2.05) is 7.05 Å². The molecule has 0 aliphatic heterocycles. The van der Waals surface area contributed by atoms with Crippen LogP contribution in [-0.2, 0) is 0 Å². The molecule has 1 amide bonds. The topological polar surface area (TPSA) is 50.8 Å². The molecule has 1 N–H and O–H groups in total. The zero-order valence-corrected chi connectivity index (χ0v) is 12.0. The first kappa shape index (κ1) is 15.3. The predicted octanol–water partition coefficient (Wildman–Crippen LogP) is 1.39. The summed E-state index contributed by atoms with van der Waals surface area (Å²) in [5.41, 5.74) is 0.572. The summed E-state index contributed by atoms with van der Waals surface area (Å²) in [6, 6.07) is 5.19. The normalized spacial score (nSPS) is 10.1. The molecule has 0 aliphatic carbocycles. The van der Waals surface area contributed by atoms with Crippen molar-refractivity contribution in [2.75, 3.05) is 41.4 Å². The average Bonchev–Trinajstić information content (AvgIpc) is 2.45. The van der Waals surface area contributed by atoms with E-state index < -0.39 is 0 Å². The van der Waals surface area contributed by atoms with Crippen LogP contribution >= 0.6 is 0 Å². The predicted molar refractivity (Wildman–Crippen MR) is 75.1 cm³/mol. The van der Waals surface area contributed by atoms with Gasteiger partial charge in [0, 0.05) is 25.2 Å². The number of carbonyl (C=O) groups is 1. The molecule has 0 aromatic heterocycles.